The fourth-order valence-electron chi connectivity index (χ4n) is 2.14. The molecule has 0 spiro atoms. The zero-order valence-electron chi connectivity index (χ0n) is 10.2. The van der Waals surface area contributed by atoms with E-state index in [0.29, 0.717) is 19.7 Å². The molecule has 0 saturated carbocycles. The summed E-state index contributed by atoms with van der Waals surface area (Å²) in [5.41, 5.74) is 1.57. The van der Waals surface area contributed by atoms with Crippen molar-refractivity contribution in [1.82, 2.24) is 0 Å². The maximum absolute atomic E-state index is 11.7. The number of rotatable bonds is 2. The Morgan fingerprint density at radius 2 is 1.68 bits per heavy atom. The van der Waals surface area contributed by atoms with Gasteiger partial charge >= 0.3 is 6.09 Å². The van der Waals surface area contributed by atoms with E-state index in [0.717, 1.165) is 11.4 Å². The molecule has 6 nitrogen and oxygen atoms in total. The molecule has 2 amide bonds. The number of anilines is 2. The van der Waals surface area contributed by atoms with Gasteiger partial charge in [-0.05, 0) is 24.3 Å². The van der Waals surface area contributed by atoms with Gasteiger partial charge in [0.05, 0.1) is 13.2 Å². The van der Waals surface area contributed by atoms with E-state index in [1.54, 1.807) is 17.0 Å². The maximum Gasteiger partial charge on any atom is 0.414 e. The second-order valence-corrected chi connectivity index (χ2v) is 4.28. The number of nitrogens with zero attached hydrogens (tertiary/aromatic N) is 2. The summed E-state index contributed by atoms with van der Waals surface area (Å²) in [6.45, 7) is 3.12. The molecule has 2 heterocycles. The molecule has 3 rings (SSSR count). The van der Waals surface area contributed by atoms with E-state index in [1.165, 1.54) is 11.5 Å². The van der Waals surface area contributed by atoms with Crippen LogP contribution in [0.15, 0.2) is 24.3 Å². The molecule has 0 aromatic heterocycles. The first-order valence-corrected chi connectivity index (χ1v) is 6.04. The Morgan fingerprint density at radius 3 is 2.26 bits per heavy atom. The molecule has 0 N–H and O–H groups in total. The molecule has 2 saturated heterocycles. The lowest BCUT2D eigenvalue weighted by Gasteiger charge is -2.27. The minimum atomic E-state index is -0.379. The van der Waals surface area contributed by atoms with Crippen LogP contribution in [-0.2, 0) is 14.3 Å². The second-order valence-electron chi connectivity index (χ2n) is 4.28. The highest BCUT2D eigenvalue weighted by molar-refractivity contribution is 5.95. The number of amides is 2. The number of benzene rings is 1. The molecule has 1 aromatic rings. The maximum atomic E-state index is 11.7. The van der Waals surface area contributed by atoms with Crippen molar-refractivity contribution in [3.8, 4) is 0 Å². The zero-order chi connectivity index (χ0) is 13.2. The fourth-order valence-corrected chi connectivity index (χ4v) is 2.14. The third-order valence-corrected chi connectivity index (χ3v) is 3.12. The smallest absolute Gasteiger partial charge is 0.414 e. The molecule has 2 aliphatic heterocycles. The summed E-state index contributed by atoms with van der Waals surface area (Å²) >= 11 is 0. The first-order chi connectivity index (χ1) is 9.25. The lowest BCUT2D eigenvalue weighted by atomic mass is 10.2. The van der Waals surface area contributed by atoms with E-state index in [4.69, 9.17) is 9.47 Å². The number of hydrogen-bond acceptors (Lipinski definition) is 4. The summed E-state index contributed by atoms with van der Waals surface area (Å²) in [6, 6.07) is 7.26. The summed E-state index contributed by atoms with van der Waals surface area (Å²) in [5.74, 6) is -0.0482. The van der Waals surface area contributed by atoms with Crippen LogP contribution in [0, 0.1) is 6.61 Å². The Morgan fingerprint density at radius 1 is 1.00 bits per heavy atom. The van der Waals surface area contributed by atoms with Gasteiger partial charge < -0.3 is 14.4 Å². The first-order valence-electron chi connectivity index (χ1n) is 6.04. The minimum absolute atomic E-state index is 0.0482. The van der Waals surface area contributed by atoms with Crippen LogP contribution in [-0.4, -0.2) is 38.3 Å². The second kappa shape index (κ2) is 4.89. The van der Waals surface area contributed by atoms with E-state index in [-0.39, 0.29) is 18.6 Å². The van der Waals surface area contributed by atoms with E-state index >= 15 is 0 Å². The van der Waals surface area contributed by atoms with Crippen LogP contribution in [0.2, 0.25) is 0 Å². The summed E-state index contributed by atoms with van der Waals surface area (Å²) in [4.78, 5) is 26.3. The lowest BCUT2D eigenvalue weighted by molar-refractivity contribution is -0.125. The van der Waals surface area contributed by atoms with Crippen molar-refractivity contribution in [1.29, 1.82) is 0 Å². The van der Waals surface area contributed by atoms with Gasteiger partial charge in [0.1, 0.15) is 6.61 Å². The van der Waals surface area contributed by atoms with Crippen molar-refractivity contribution in [3.63, 3.8) is 0 Å². The van der Waals surface area contributed by atoms with Gasteiger partial charge in [0.15, 0.2) is 6.61 Å². The van der Waals surface area contributed by atoms with E-state index in [2.05, 4.69) is 0 Å². The molecule has 1 aromatic carbocycles. The zero-order valence-corrected chi connectivity index (χ0v) is 10.2. The number of carbonyl (C=O) groups is 2. The average molecular weight is 261 g/mol. The van der Waals surface area contributed by atoms with Crippen LogP contribution in [0.3, 0.4) is 0 Å². The minimum Gasteiger partial charge on any atom is -0.440 e. The van der Waals surface area contributed by atoms with Gasteiger partial charge in [0.25, 0.3) is 5.91 Å². The number of morpholine rings is 1. The van der Waals surface area contributed by atoms with Crippen LogP contribution in [0.25, 0.3) is 0 Å². The summed E-state index contributed by atoms with van der Waals surface area (Å²) in [6.07, 6.45) is -0.379. The predicted octanol–water partition coefficient (Wildman–Crippen LogP) is 1.17. The van der Waals surface area contributed by atoms with Gasteiger partial charge in [-0.15, -0.1) is 0 Å². The Balaban J connectivity index is 1.78. The number of hydrogen-bond donors (Lipinski definition) is 0. The molecular weight excluding hydrogens is 248 g/mol. The molecule has 6 heteroatoms. The summed E-state index contributed by atoms with van der Waals surface area (Å²) in [5, 5.41) is 0. The van der Waals surface area contributed by atoms with Crippen LogP contribution < -0.4 is 9.80 Å². The largest absolute Gasteiger partial charge is 0.440 e. The van der Waals surface area contributed by atoms with Gasteiger partial charge in [-0.2, -0.15) is 0 Å². The van der Waals surface area contributed by atoms with Crippen molar-refractivity contribution in [2.24, 2.45) is 0 Å². The van der Waals surface area contributed by atoms with Crippen molar-refractivity contribution < 1.29 is 19.1 Å². The Labute approximate surface area is 110 Å². The van der Waals surface area contributed by atoms with E-state index in [1.807, 2.05) is 12.1 Å². The summed E-state index contributed by atoms with van der Waals surface area (Å²) in [7, 11) is 0. The third kappa shape index (κ3) is 2.26. The molecule has 19 heavy (non-hydrogen) atoms. The highest BCUT2D eigenvalue weighted by atomic mass is 16.6. The topological polar surface area (TPSA) is 59.1 Å². The Hall–Kier alpha value is -2.08. The molecule has 0 unspecified atom stereocenters. The van der Waals surface area contributed by atoms with Crippen LogP contribution in [0.1, 0.15) is 0 Å². The van der Waals surface area contributed by atoms with Gasteiger partial charge in [-0.3, -0.25) is 9.69 Å². The van der Waals surface area contributed by atoms with Gasteiger partial charge in [-0.25, -0.2) is 4.79 Å². The highest BCUT2D eigenvalue weighted by Gasteiger charge is 2.25. The van der Waals surface area contributed by atoms with Crippen LogP contribution in [0.5, 0.6) is 0 Å². The van der Waals surface area contributed by atoms with Gasteiger partial charge in [0, 0.05) is 17.9 Å². The Bertz CT molecular complexity index is 500. The highest BCUT2D eigenvalue weighted by Crippen LogP contribution is 2.24. The normalized spacial score (nSPS) is 19.8. The monoisotopic (exact) mass is 261 g/mol. The number of ether oxygens (including phenoxy) is 2. The molecule has 0 atom stereocenters. The van der Waals surface area contributed by atoms with Crippen molar-refractivity contribution in [2.45, 2.75) is 0 Å². The fraction of sp³-hybridized carbons (Fsp3) is 0.308. The molecular formula is C13H13N2O4. The molecule has 1 radical (unpaired) electrons. The molecule has 0 bridgehead atoms. The first kappa shape index (κ1) is 12.0. The van der Waals surface area contributed by atoms with Crippen LogP contribution >= 0.6 is 0 Å². The quantitative estimate of drug-likeness (QED) is 0.801. The van der Waals surface area contributed by atoms with Crippen molar-refractivity contribution in [2.75, 3.05) is 36.1 Å². The molecule has 2 aliphatic rings. The molecule has 99 valence electrons. The van der Waals surface area contributed by atoms with Crippen LogP contribution in [0.4, 0.5) is 16.2 Å². The molecule has 0 aliphatic carbocycles. The summed E-state index contributed by atoms with van der Waals surface area (Å²) < 4.78 is 9.85. The Kier molecular flexibility index (Phi) is 3.08. The average Bonchev–Trinajstić information content (AvgIpc) is 2.86. The number of cyclic esters (lactones) is 1. The standard InChI is InChI=1S/C13H13N2O4/c16-12-9-18-7-5-14(12)10-1-3-11(4-2-10)15-6-8-19-13(15)17/h1-4,8H,5-7,9H2. The SMILES string of the molecule is O=C1COCCN1c1ccc(N2C[CH]OC2=O)cc1. The van der Waals surface area contributed by atoms with E-state index in [9.17, 15) is 9.59 Å². The number of carbonyl (C=O) groups excluding carboxylic acids is 2. The van der Waals surface area contributed by atoms with Crippen molar-refractivity contribution >= 4 is 23.4 Å². The lowest BCUT2D eigenvalue weighted by Crippen LogP contribution is -2.41. The van der Waals surface area contributed by atoms with Crippen molar-refractivity contribution in [3.05, 3.63) is 30.9 Å². The predicted molar refractivity (Wildman–Crippen MR) is 67.7 cm³/mol. The van der Waals surface area contributed by atoms with E-state index < -0.39 is 0 Å². The van der Waals surface area contributed by atoms with Gasteiger partial charge in [-0.1, -0.05) is 0 Å². The van der Waals surface area contributed by atoms with Gasteiger partial charge in [0.2, 0.25) is 0 Å². The third-order valence-electron chi connectivity index (χ3n) is 3.12. The molecule has 2 fully saturated rings.